The van der Waals surface area contributed by atoms with E-state index >= 15 is 0 Å². The molecule has 0 aliphatic heterocycles. The zero-order chi connectivity index (χ0) is 16.4. The molecule has 0 unspecified atom stereocenters. The van der Waals surface area contributed by atoms with Crippen molar-refractivity contribution in [1.29, 1.82) is 0 Å². The molecule has 2 aromatic heterocycles. The lowest BCUT2D eigenvalue weighted by molar-refractivity contribution is 0.102. The summed E-state index contributed by atoms with van der Waals surface area (Å²) in [5.41, 5.74) is 6.11. The minimum Gasteiger partial charge on any atom is -0.497 e. The number of rotatable bonds is 5. The van der Waals surface area contributed by atoms with E-state index in [1.165, 1.54) is 11.8 Å². The molecule has 1 aromatic carbocycles. The van der Waals surface area contributed by atoms with Gasteiger partial charge in [-0.25, -0.2) is 4.98 Å². The topological polar surface area (TPSA) is 127 Å². The highest BCUT2D eigenvalue weighted by molar-refractivity contribution is 7.99. The van der Waals surface area contributed by atoms with E-state index < -0.39 is 5.56 Å². The number of hydrogen-bond acceptors (Lipinski definition) is 7. The molecule has 0 atom stereocenters. The van der Waals surface area contributed by atoms with Crippen molar-refractivity contribution in [3.8, 4) is 5.75 Å². The number of ketones is 1. The second-order valence-electron chi connectivity index (χ2n) is 4.63. The van der Waals surface area contributed by atoms with Crippen molar-refractivity contribution in [2.75, 3.05) is 18.6 Å². The number of aromatic amines is 2. The van der Waals surface area contributed by atoms with Gasteiger partial charge in [0, 0.05) is 5.56 Å². The van der Waals surface area contributed by atoms with Crippen molar-refractivity contribution in [3.05, 3.63) is 40.2 Å². The number of aromatic nitrogens is 4. The SMILES string of the molecule is COc1ccc(C(=O)CSc2nc3nc(N)[nH]c(=O)c3[nH]2)cc1.Cl. The van der Waals surface area contributed by atoms with Crippen molar-refractivity contribution in [2.24, 2.45) is 0 Å². The van der Waals surface area contributed by atoms with Gasteiger partial charge in [0.15, 0.2) is 22.1 Å². The molecule has 10 heteroatoms. The molecule has 0 aliphatic rings. The predicted molar refractivity (Wildman–Crippen MR) is 94.2 cm³/mol. The van der Waals surface area contributed by atoms with Gasteiger partial charge in [-0.15, -0.1) is 12.4 Å². The van der Waals surface area contributed by atoms with Gasteiger partial charge in [-0.3, -0.25) is 14.6 Å². The van der Waals surface area contributed by atoms with Gasteiger partial charge in [0.2, 0.25) is 5.95 Å². The number of ether oxygens (including phenoxy) is 1. The van der Waals surface area contributed by atoms with Crippen LogP contribution in [-0.2, 0) is 0 Å². The zero-order valence-corrected chi connectivity index (χ0v) is 14.2. The molecular formula is C14H14ClN5O3S. The quantitative estimate of drug-likeness (QED) is 0.462. The Morgan fingerprint density at radius 1 is 1.25 bits per heavy atom. The number of nitrogens with two attached hydrogens (primary N) is 1. The van der Waals surface area contributed by atoms with Crippen molar-refractivity contribution in [3.63, 3.8) is 0 Å². The fourth-order valence-electron chi connectivity index (χ4n) is 1.97. The first kappa shape index (κ1) is 17.8. The smallest absolute Gasteiger partial charge is 0.278 e. The number of H-pyrrole nitrogens is 2. The third kappa shape index (κ3) is 3.69. The summed E-state index contributed by atoms with van der Waals surface area (Å²) < 4.78 is 5.05. The van der Waals surface area contributed by atoms with Crippen LogP contribution in [-0.4, -0.2) is 38.6 Å². The van der Waals surface area contributed by atoms with E-state index in [9.17, 15) is 9.59 Å². The van der Waals surface area contributed by atoms with Crippen molar-refractivity contribution >= 4 is 47.1 Å². The van der Waals surface area contributed by atoms with E-state index in [2.05, 4.69) is 19.9 Å². The molecule has 3 rings (SSSR count). The summed E-state index contributed by atoms with van der Waals surface area (Å²) in [5.74, 6) is 0.813. The Hall–Kier alpha value is -2.52. The first-order valence-electron chi connectivity index (χ1n) is 6.62. The molecule has 8 nitrogen and oxygen atoms in total. The standard InChI is InChI=1S/C14H13N5O3S.ClH/c1-22-8-4-2-7(3-5-8)9(20)6-23-14-16-10-11(18-14)17-13(15)19-12(10)21;/h2-5H,6H2,1H3,(H4,15,16,17,18,19,21);1H. The summed E-state index contributed by atoms with van der Waals surface area (Å²) in [6.45, 7) is 0. The molecule has 126 valence electrons. The number of nitrogens with one attached hydrogen (secondary N) is 2. The average Bonchev–Trinajstić information content (AvgIpc) is 2.96. The third-order valence-corrected chi connectivity index (χ3v) is 3.98. The monoisotopic (exact) mass is 367 g/mol. The van der Waals surface area contributed by atoms with Crippen molar-refractivity contribution in [2.45, 2.75) is 5.16 Å². The van der Waals surface area contributed by atoms with E-state index in [4.69, 9.17) is 10.5 Å². The highest BCUT2D eigenvalue weighted by Gasteiger charge is 2.12. The number of carbonyl (C=O) groups excluding carboxylic acids is 1. The molecule has 0 spiro atoms. The Morgan fingerprint density at radius 2 is 1.96 bits per heavy atom. The Labute approximate surface area is 146 Å². The lowest BCUT2D eigenvalue weighted by atomic mass is 10.1. The molecule has 0 amide bonds. The first-order chi connectivity index (χ1) is 11.1. The number of anilines is 1. The van der Waals surface area contributed by atoms with E-state index in [0.717, 1.165) is 0 Å². The van der Waals surface area contributed by atoms with Crippen molar-refractivity contribution < 1.29 is 9.53 Å². The summed E-state index contributed by atoms with van der Waals surface area (Å²) in [6, 6.07) is 6.86. The van der Waals surface area contributed by atoms with Gasteiger partial charge in [0.1, 0.15) is 5.75 Å². The van der Waals surface area contributed by atoms with Crippen LogP contribution in [0.2, 0.25) is 0 Å². The number of thioether (sulfide) groups is 1. The Bertz CT molecular complexity index is 922. The molecule has 0 saturated heterocycles. The lowest BCUT2D eigenvalue weighted by Crippen LogP contribution is -2.10. The van der Waals surface area contributed by atoms with E-state index in [0.29, 0.717) is 16.5 Å². The van der Waals surface area contributed by atoms with Crippen LogP contribution < -0.4 is 16.0 Å². The van der Waals surface area contributed by atoms with Gasteiger partial charge in [0.25, 0.3) is 5.56 Å². The van der Waals surface area contributed by atoms with Gasteiger partial charge < -0.3 is 15.5 Å². The maximum atomic E-state index is 12.1. The second kappa shape index (κ2) is 7.37. The number of methoxy groups -OCH3 is 1. The summed E-state index contributed by atoms with van der Waals surface area (Å²) in [5, 5.41) is 0.436. The summed E-state index contributed by atoms with van der Waals surface area (Å²) in [6.07, 6.45) is 0. The molecule has 0 radical (unpaired) electrons. The fraction of sp³-hybridized carbons (Fsp3) is 0.143. The Morgan fingerprint density at radius 3 is 2.62 bits per heavy atom. The number of imidazole rings is 1. The maximum absolute atomic E-state index is 12.1. The Balaban J connectivity index is 0.00000208. The van der Waals surface area contributed by atoms with Crippen LogP contribution in [0.1, 0.15) is 10.4 Å². The second-order valence-corrected chi connectivity index (χ2v) is 5.60. The molecule has 2 heterocycles. The highest BCUT2D eigenvalue weighted by atomic mass is 35.5. The third-order valence-electron chi connectivity index (χ3n) is 3.11. The number of fused-ring (bicyclic) bond motifs is 1. The van der Waals surface area contributed by atoms with Crippen LogP contribution in [0.15, 0.2) is 34.2 Å². The van der Waals surface area contributed by atoms with Crippen LogP contribution in [0.5, 0.6) is 5.75 Å². The van der Waals surface area contributed by atoms with E-state index in [-0.39, 0.29) is 41.1 Å². The first-order valence-corrected chi connectivity index (χ1v) is 7.61. The Kier molecular flexibility index (Phi) is 5.47. The predicted octanol–water partition coefficient (Wildman–Crippen LogP) is 1.63. The molecular weight excluding hydrogens is 354 g/mol. The van der Waals surface area contributed by atoms with Crippen LogP contribution in [0.25, 0.3) is 11.2 Å². The molecule has 0 aliphatic carbocycles. The molecule has 0 fully saturated rings. The number of nitrogens with zero attached hydrogens (tertiary/aromatic N) is 2. The molecule has 24 heavy (non-hydrogen) atoms. The normalized spacial score (nSPS) is 10.4. The van der Waals surface area contributed by atoms with Crippen LogP contribution in [0.4, 0.5) is 5.95 Å². The fourth-order valence-corrected chi connectivity index (χ4v) is 2.73. The largest absolute Gasteiger partial charge is 0.497 e. The summed E-state index contributed by atoms with van der Waals surface area (Å²) in [7, 11) is 1.57. The number of nitrogen functional groups attached to an aromatic ring is 1. The van der Waals surface area contributed by atoms with E-state index in [1.807, 2.05) is 0 Å². The minimum absolute atomic E-state index is 0. The number of Topliss-reactive ketones (excluding diaryl/α,β-unsaturated/α-hetero) is 1. The number of benzene rings is 1. The van der Waals surface area contributed by atoms with E-state index in [1.54, 1.807) is 31.4 Å². The van der Waals surface area contributed by atoms with Gasteiger partial charge in [0.05, 0.1) is 12.9 Å². The lowest BCUT2D eigenvalue weighted by Gasteiger charge is -2.02. The number of carbonyl (C=O) groups is 1. The zero-order valence-electron chi connectivity index (χ0n) is 12.5. The van der Waals surface area contributed by atoms with Gasteiger partial charge in [-0.2, -0.15) is 4.98 Å². The summed E-state index contributed by atoms with van der Waals surface area (Å²) in [4.78, 5) is 37.1. The summed E-state index contributed by atoms with van der Waals surface area (Å²) >= 11 is 1.19. The molecule has 3 aromatic rings. The van der Waals surface area contributed by atoms with Gasteiger partial charge in [-0.05, 0) is 24.3 Å². The molecule has 4 N–H and O–H groups in total. The minimum atomic E-state index is -0.395. The van der Waals surface area contributed by atoms with Crippen molar-refractivity contribution in [1.82, 2.24) is 19.9 Å². The number of halogens is 1. The number of hydrogen-bond donors (Lipinski definition) is 3. The van der Waals surface area contributed by atoms with Gasteiger partial charge >= 0.3 is 0 Å². The van der Waals surface area contributed by atoms with Crippen LogP contribution in [0, 0.1) is 0 Å². The van der Waals surface area contributed by atoms with Crippen LogP contribution >= 0.6 is 24.2 Å². The average molecular weight is 368 g/mol. The van der Waals surface area contributed by atoms with Crippen LogP contribution in [0.3, 0.4) is 0 Å². The molecule has 0 bridgehead atoms. The van der Waals surface area contributed by atoms with Gasteiger partial charge in [-0.1, -0.05) is 11.8 Å². The highest BCUT2D eigenvalue weighted by Crippen LogP contribution is 2.19. The maximum Gasteiger partial charge on any atom is 0.278 e. The molecule has 0 saturated carbocycles.